The summed E-state index contributed by atoms with van der Waals surface area (Å²) in [6.45, 7) is 0.897. The molecule has 1 aromatic carbocycles. The van der Waals surface area contributed by atoms with Crippen molar-refractivity contribution in [2.45, 2.75) is 19.0 Å². The lowest BCUT2D eigenvalue weighted by molar-refractivity contribution is 0.320. The van der Waals surface area contributed by atoms with Gasteiger partial charge in [-0.15, -0.1) is 0 Å². The van der Waals surface area contributed by atoms with Crippen molar-refractivity contribution in [2.75, 3.05) is 5.75 Å². The normalized spacial score (nSPS) is 22.2. The summed E-state index contributed by atoms with van der Waals surface area (Å²) < 4.78 is 0. The van der Waals surface area contributed by atoms with E-state index in [0.717, 1.165) is 23.9 Å². The maximum atomic E-state index is 9.78. The first-order valence-corrected chi connectivity index (χ1v) is 7.99. The fourth-order valence-corrected chi connectivity index (χ4v) is 4.07. The number of aromatic nitrogens is 1. The molecule has 2 aliphatic rings. The van der Waals surface area contributed by atoms with Crippen molar-refractivity contribution in [3.8, 4) is 5.88 Å². The van der Waals surface area contributed by atoms with Gasteiger partial charge in [0.25, 0.3) is 0 Å². The van der Waals surface area contributed by atoms with Crippen LogP contribution in [0.2, 0.25) is 0 Å². The molecule has 1 N–H and O–H groups in total. The second-order valence-corrected chi connectivity index (χ2v) is 6.29. The number of thioether (sulfide) groups is 1. The summed E-state index contributed by atoms with van der Waals surface area (Å²) in [4.78, 5) is 10.8. The van der Waals surface area contributed by atoms with Crippen molar-refractivity contribution in [2.24, 2.45) is 4.99 Å². The first-order valence-electron chi connectivity index (χ1n) is 7.00. The highest BCUT2D eigenvalue weighted by Crippen LogP contribution is 2.35. The van der Waals surface area contributed by atoms with Gasteiger partial charge in [0.2, 0.25) is 5.88 Å². The molecule has 0 saturated carbocycles. The number of fused-ring (bicyclic) bond motifs is 2. The van der Waals surface area contributed by atoms with Crippen LogP contribution < -0.4 is 0 Å². The van der Waals surface area contributed by atoms with E-state index in [1.54, 1.807) is 30.1 Å². The van der Waals surface area contributed by atoms with Crippen LogP contribution in [-0.4, -0.2) is 32.0 Å². The van der Waals surface area contributed by atoms with Crippen LogP contribution in [0.25, 0.3) is 0 Å². The average Bonchev–Trinajstić information content (AvgIpc) is 2.89. The zero-order valence-electron chi connectivity index (χ0n) is 11.4. The molecule has 4 nitrogen and oxygen atoms in total. The minimum atomic E-state index is -0.00791. The van der Waals surface area contributed by atoms with E-state index >= 15 is 0 Å². The summed E-state index contributed by atoms with van der Waals surface area (Å²) in [7, 11) is 0. The summed E-state index contributed by atoms with van der Waals surface area (Å²) in [5.74, 6) is 1.04. The lowest BCUT2D eigenvalue weighted by Gasteiger charge is -2.32. The first kappa shape index (κ1) is 12.7. The Balaban J connectivity index is 1.67. The van der Waals surface area contributed by atoms with Crippen molar-refractivity contribution >= 4 is 22.6 Å². The maximum absolute atomic E-state index is 9.78. The van der Waals surface area contributed by atoms with Crippen molar-refractivity contribution in [1.29, 1.82) is 0 Å². The molecule has 2 aliphatic heterocycles. The van der Waals surface area contributed by atoms with E-state index in [1.807, 2.05) is 0 Å². The van der Waals surface area contributed by atoms with E-state index in [0.29, 0.717) is 11.7 Å². The minimum absolute atomic E-state index is 0.00791. The number of pyridine rings is 1. The highest BCUT2D eigenvalue weighted by Gasteiger charge is 2.34. The van der Waals surface area contributed by atoms with E-state index in [9.17, 15) is 5.11 Å². The van der Waals surface area contributed by atoms with Crippen LogP contribution in [0.15, 0.2) is 47.6 Å². The second kappa shape index (κ2) is 5.07. The third kappa shape index (κ3) is 2.27. The zero-order chi connectivity index (χ0) is 14.2. The predicted molar refractivity (Wildman–Crippen MR) is 84.9 cm³/mol. The number of benzene rings is 1. The molecule has 0 radical (unpaired) electrons. The Hall–Kier alpha value is -2.01. The first-order chi connectivity index (χ1) is 10.3. The van der Waals surface area contributed by atoms with Crippen molar-refractivity contribution < 1.29 is 5.11 Å². The molecule has 0 aliphatic carbocycles. The summed E-state index contributed by atoms with van der Waals surface area (Å²) in [5, 5.41) is 10.8. The van der Waals surface area contributed by atoms with Gasteiger partial charge in [0.05, 0.1) is 0 Å². The molecule has 0 bridgehead atoms. The van der Waals surface area contributed by atoms with Gasteiger partial charge in [0.15, 0.2) is 5.17 Å². The Morgan fingerprint density at radius 1 is 1.19 bits per heavy atom. The lowest BCUT2D eigenvalue weighted by Crippen LogP contribution is -2.38. The smallest absolute Gasteiger partial charge is 0.237 e. The van der Waals surface area contributed by atoms with Gasteiger partial charge in [0.1, 0.15) is 5.69 Å². The van der Waals surface area contributed by atoms with Gasteiger partial charge >= 0.3 is 0 Å². The third-order valence-electron chi connectivity index (χ3n) is 3.99. The lowest BCUT2D eigenvalue weighted by atomic mass is 9.95. The van der Waals surface area contributed by atoms with Crippen LogP contribution in [0.3, 0.4) is 0 Å². The van der Waals surface area contributed by atoms with Gasteiger partial charge in [-0.25, -0.2) is 9.98 Å². The second-order valence-electron chi connectivity index (χ2n) is 5.31. The number of aliphatic imine (C=N–C) groups is 1. The Bertz CT molecular complexity index is 716. The van der Waals surface area contributed by atoms with E-state index in [2.05, 4.69) is 39.1 Å². The molecule has 1 aromatic heterocycles. The molecule has 5 heteroatoms. The van der Waals surface area contributed by atoms with Crippen LogP contribution in [-0.2, 0) is 13.0 Å². The average molecular weight is 297 g/mol. The predicted octanol–water partition coefficient (Wildman–Crippen LogP) is 2.95. The standard InChI is InChI=1S/C16H15N3OS/c20-15-14(6-3-7-17-15)18-16-19-9-12-5-2-1-4-11(12)8-13(19)10-21-16/h1-7,13H,8-10H2,(H,17,20)/t13-/m0/s1. The van der Waals surface area contributed by atoms with Gasteiger partial charge in [-0.05, 0) is 29.7 Å². The molecule has 0 spiro atoms. The monoisotopic (exact) mass is 297 g/mol. The topological polar surface area (TPSA) is 48.7 Å². The van der Waals surface area contributed by atoms with E-state index in [4.69, 9.17) is 0 Å². The Labute approximate surface area is 127 Å². The third-order valence-corrected chi connectivity index (χ3v) is 5.12. The highest BCUT2D eigenvalue weighted by atomic mass is 32.2. The number of hydrogen-bond acceptors (Lipinski definition) is 4. The van der Waals surface area contributed by atoms with Crippen LogP contribution in [0.4, 0.5) is 5.69 Å². The Morgan fingerprint density at radius 2 is 2.05 bits per heavy atom. The summed E-state index contributed by atoms with van der Waals surface area (Å²) in [6.07, 6.45) is 2.64. The molecule has 2 aromatic rings. The number of nitrogens with zero attached hydrogens (tertiary/aromatic N) is 3. The number of hydrogen-bond donors (Lipinski definition) is 1. The number of amidine groups is 1. The Kier molecular flexibility index (Phi) is 3.07. The maximum Gasteiger partial charge on any atom is 0.237 e. The zero-order valence-corrected chi connectivity index (χ0v) is 12.3. The number of rotatable bonds is 1. The molecule has 1 saturated heterocycles. The molecule has 21 heavy (non-hydrogen) atoms. The van der Waals surface area contributed by atoms with Crippen LogP contribution in [0.1, 0.15) is 11.1 Å². The van der Waals surface area contributed by atoms with Crippen molar-refractivity contribution in [3.05, 3.63) is 53.7 Å². The van der Waals surface area contributed by atoms with E-state index < -0.39 is 0 Å². The van der Waals surface area contributed by atoms with Crippen LogP contribution in [0, 0.1) is 0 Å². The SMILES string of the molecule is Oc1ncccc1N=C1SC[C@@H]2Cc3ccccc3CN12. The Morgan fingerprint density at radius 3 is 2.90 bits per heavy atom. The van der Waals surface area contributed by atoms with Gasteiger partial charge in [0, 0.05) is 24.5 Å². The molecule has 3 heterocycles. The summed E-state index contributed by atoms with van der Waals surface area (Å²) in [5.41, 5.74) is 3.36. The summed E-state index contributed by atoms with van der Waals surface area (Å²) in [6, 6.07) is 12.7. The highest BCUT2D eigenvalue weighted by molar-refractivity contribution is 8.14. The van der Waals surface area contributed by atoms with Gasteiger partial charge in [-0.1, -0.05) is 36.0 Å². The quantitative estimate of drug-likeness (QED) is 0.879. The van der Waals surface area contributed by atoms with Crippen LogP contribution >= 0.6 is 11.8 Å². The molecular formula is C16H15N3OS. The van der Waals surface area contributed by atoms with E-state index in [-0.39, 0.29) is 5.88 Å². The van der Waals surface area contributed by atoms with Gasteiger partial charge < -0.3 is 10.0 Å². The summed E-state index contributed by atoms with van der Waals surface area (Å²) >= 11 is 1.76. The minimum Gasteiger partial charge on any atom is -0.492 e. The largest absolute Gasteiger partial charge is 0.492 e. The van der Waals surface area contributed by atoms with Crippen molar-refractivity contribution in [3.63, 3.8) is 0 Å². The molecule has 4 rings (SSSR count). The van der Waals surface area contributed by atoms with Gasteiger partial charge in [-0.2, -0.15) is 0 Å². The fraction of sp³-hybridized carbons (Fsp3) is 0.250. The molecule has 1 atom stereocenters. The molecule has 1 fully saturated rings. The van der Waals surface area contributed by atoms with Gasteiger partial charge in [-0.3, -0.25) is 0 Å². The molecular weight excluding hydrogens is 282 g/mol. The van der Waals surface area contributed by atoms with E-state index in [1.165, 1.54) is 11.1 Å². The number of aromatic hydroxyl groups is 1. The molecule has 106 valence electrons. The van der Waals surface area contributed by atoms with Crippen LogP contribution in [0.5, 0.6) is 5.88 Å². The molecule has 0 unspecified atom stereocenters. The fourth-order valence-electron chi connectivity index (χ4n) is 2.89. The van der Waals surface area contributed by atoms with Crippen molar-refractivity contribution in [1.82, 2.24) is 9.88 Å². The molecule has 0 amide bonds.